The summed E-state index contributed by atoms with van der Waals surface area (Å²) >= 11 is 6.04. The van der Waals surface area contributed by atoms with Crippen molar-refractivity contribution in [1.29, 1.82) is 0 Å². The minimum absolute atomic E-state index is 0.118. The van der Waals surface area contributed by atoms with Gasteiger partial charge in [-0.2, -0.15) is 0 Å². The predicted octanol–water partition coefficient (Wildman–Crippen LogP) is 4.86. The summed E-state index contributed by atoms with van der Waals surface area (Å²) in [5, 5.41) is 1.58. The largest absolute Gasteiger partial charge is 0.492 e. The molecule has 0 saturated heterocycles. The van der Waals surface area contributed by atoms with E-state index in [1.165, 1.54) is 7.11 Å². The first kappa shape index (κ1) is 21.6. The number of ether oxygens (including phenoxy) is 3. The molecule has 30 heavy (non-hydrogen) atoms. The summed E-state index contributed by atoms with van der Waals surface area (Å²) in [5.41, 5.74) is 1.04. The number of aldehydes is 1. The highest BCUT2D eigenvalue weighted by Crippen LogP contribution is 2.27. The lowest BCUT2D eigenvalue weighted by molar-refractivity contribution is -0.152. The molecule has 0 saturated carbocycles. The molecule has 3 aromatic rings. The van der Waals surface area contributed by atoms with E-state index in [9.17, 15) is 9.59 Å². The van der Waals surface area contributed by atoms with Gasteiger partial charge in [-0.25, -0.2) is 4.98 Å². The van der Waals surface area contributed by atoms with Crippen molar-refractivity contribution in [3.05, 3.63) is 64.8 Å². The Bertz CT molecular complexity index is 1080. The fraction of sp³-hybridized carbons (Fsp3) is 0.261. The van der Waals surface area contributed by atoms with Crippen molar-refractivity contribution < 1.29 is 23.8 Å². The van der Waals surface area contributed by atoms with E-state index in [-0.39, 0.29) is 19.2 Å². The molecule has 0 spiro atoms. The van der Waals surface area contributed by atoms with Crippen LogP contribution in [-0.2, 0) is 16.1 Å². The highest BCUT2D eigenvalue weighted by atomic mass is 35.5. The van der Waals surface area contributed by atoms with E-state index in [1.54, 1.807) is 38.1 Å². The number of pyridine rings is 1. The molecule has 6 nitrogen and oxygen atoms in total. The number of esters is 1. The molecular formula is C23H22ClNO5. The van der Waals surface area contributed by atoms with Crippen molar-refractivity contribution in [2.45, 2.75) is 20.5 Å². The van der Waals surface area contributed by atoms with Gasteiger partial charge in [0.15, 0.2) is 6.29 Å². The van der Waals surface area contributed by atoms with E-state index in [2.05, 4.69) is 4.98 Å². The second-order valence-electron chi connectivity index (χ2n) is 7.41. The molecule has 0 aliphatic carbocycles. The molecule has 3 rings (SSSR count). The van der Waals surface area contributed by atoms with E-state index in [1.807, 2.05) is 24.3 Å². The Balaban J connectivity index is 1.74. The molecule has 0 amide bonds. The van der Waals surface area contributed by atoms with Crippen molar-refractivity contribution in [2.24, 2.45) is 5.41 Å². The number of carbonyl (C=O) groups is 2. The monoisotopic (exact) mass is 427 g/mol. The van der Waals surface area contributed by atoms with Gasteiger partial charge in [-0.3, -0.25) is 9.59 Å². The van der Waals surface area contributed by atoms with Crippen LogP contribution in [0, 0.1) is 5.41 Å². The Morgan fingerprint density at radius 2 is 1.87 bits per heavy atom. The average molecular weight is 428 g/mol. The second-order valence-corrected chi connectivity index (χ2v) is 7.85. The number of carbonyl (C=O) groups excluding carboxylic acids is 2. The Morgan fingerprint density at radius 1 is 1.10 bits per heavy atom. The number of fused-ring (bicyclic) bond motifs is 1. The minimum Gasteiger partial charge on any atom is -0.492 e. The lowest BCUT2D eigenvalue weighted by atomic mass is 9.95. The second kappa shape index (κ2) is 9.13. The van der Waals surface area contributed by atoms with Crippen LogP contribution in [0.1, 0.15) is 29.9 Å². The van der Waals surface area contributed by atoms with Gasteiger partial charge in [0, 0.05) is 16.5 Å². The van der Waals surface area contributed by atoms with Crippen molar-refractivity contribution in [1.82, 2.24) is 4.98 Å². The molecule has 0 bridgehead atoms. The van der Waals surface area contributed by atoms with Crippen LogP contribution in [0.2, 0.25) is 5.02 Å². The highest BCUT2D eigenvalue weighted by molar-refractivity contribution is 6.31. The first-order chi connectivity index (χ1) is 14.3. The van der Waals surface area contributed by atoms with Gasteiger partial charge in [-0.15, -0.1) is 0 Å². The number of nitrogens with zero attached hydrogens (tertiary/aromatic N) is 1. The maximum Gasteiger partial charge on any atom is 0.314 e. The topological polar surface area (TPSA) is 74.7 Å². The van der Waals surface area contributed by atoms with Crippen LogP contribution in [0.4, 0.5) is 0 Å². The maximum atomic E-state index is 11.8. The summed E-state index contributed by atoms with van der Waals surface area (Å²) in [6, 6.07) is 14.2. The predicted molar refractivity (Wildman–Crippen MR) is 114 cm³/mol. The third-order valence-electron chi connectivity index (χ3n) is 4.54. The van der Waals surface area contributed by atoms with Gasteiger partial charge in [-0.05, 0) is 44.2 Å². The maximum absolute atomic E-state index is 11.8. The van der Waals surface area contributed by atoms with Crippen LogP contribution < -0.4 is 9.47 Å². The van der Waals surface area contributed by atoms with Crippen LogP contribution in [0.25, 0.3) is 10.9 Å². The lowest BCUT2D eigenvalue weighted by Crippen LogP contribution is -2.32. The van der Waals surface area contributed by atoms with Crippen LogP contribution in [0.5, 0.6) is 11.5 Å². The Morgan fingerprint density at radius 3 is 2.60 bits per heavy atom. The van der Waals surface area contributed by atoms with Gasteiger partial charge in [0.25, 0.3) is 0 Å². The zero-order chi connectivity index (χ0) is 21.7. The molecule has 0 fully saturated rings. The number of halogens is 1. The summed E-state index contributed by atoms with van der Waals surface area (Å²) < 4.78 is 16.3. The van der Waals surface area contributed by atoms with E-state index in [4.69, 9.17) is 25.8 Å². The van der Waals surface area contributed by atoms with Crippen molar-refractivity contribution in [2.75, 3.05) is 13.7 Å². The van der Waals surface area contributed by atoms with Gasteiger partial charge in [-0.1, -0.05) is 23.7 Å². The van der Waals surface area contributed by atoms with Crippen LogP contribution in [0.3, 0.4) is 0 Å². The summed E-state index contributed by atoms with van der Waals surface area (Å²) in [7, 11) is 1.34. The van der Waals surface area contributed by atoms with Crippen LogP contribution in [0.15, 0.2) is 48.5 Å². The summed E-state index contributed by atoms with van der Waals surface area (Å²) in [4.78, 5) is 27.7. The fourth-order valence-corrected chi connectivity index (χ4v) is 2.96. The number of benzene rings is 2. The summed E-state index contributed by atoms with van der Waals surface area (Å²) in [5.74, 6) is 0.475. The molecule has 1 heterocycles. The van der Waals surface area contributed by atoms with E-state index >= 15 is 0 Å². The zero-order valence-corrected chi connectivity index (χ0v) is 17.7. The van der Waals surface area contributed by atoms with Gasteiger partial charge >= 0.3 is 5.97 Å². The zero-order valence-electron chi connectivity index (χ0n) is 17.0. The van der Waals surface area contributed by atoms with Gasteiger partial charge in [0.1, 0.15) is 24.7 Å². The van der Waals surface area contributed by atoms with Crippen molar-refractivity contribution in [3.8, 4) is 11.5 Å². The Kier molecular flexibility index (Phi) is 6.57. The quantitative estimate of drug-likeness (QED) is 0.377. The molecule has 0 unspecified atom stereocenters. The molecule has 156 valence electrons. The highest BCUT2D eigenvalue weighted by Gasteiger charge is 2.29. The normalized spacial score (nSPS) is 11.2. The number of hydrogen-bond donors (Lipinski definition) is 0. The first-order valence-corrected chi connectivity index (χ1v) is 9.68. The molecule has 0 aliphatic heterocycles. The molecule has 0 aliphatic rings. The SMILES string of the molecule is COC(=O)C(C)(C)COc1ccc(C=O)c(OCc2ccc3ccc(Cl)cc3n2)c1. The van der Waals surface area contributed by atoms with E-state index in [0.29, 0.717) is 34.1 Å². The molecule has 1 aromatic heterocycles. The van der Waals surface area contributed by atoms with Crippen LogP contribution in [-0.4, -0.2) is 31.0 Å². The van der Waals surface area contributed by atoms with Gasteiger partial charge < -0.3 is 14.2 Å². The number of hydrogen-bond acceptors (Lipinski definition) is 6. The third-order valence-corrected chi connectivity index (χ3v) is 4.77. The summed E-state index contributed by atoms with van der Waals surface area (Å²) in [6.45, 7) is 3.74. The Hall–Kier alpha value is -3.12. The molecule has 0 atom stereocenters. The standard InChI is InChI=1S/C23H22ClNO5/c1-23(2,22(27)28-3)14-30-19-9-6-16(12-26)21(11-19)29-13-18-8-5-15-4-7-17(24)10-20(15)25-18/h4-12H,13-14H2,1-3H3. The molecular weight excluding hydrogens is 406 g/mol. The Labute approximate surface area is 179 Å². The fourth-order valence-electron chi connectivity index (χ4n) is 2.79. The van der Waals surface area contributed by atoms with E-state index in [0.717, 1.165) is 10.9 Å². The average Bonchev–Trinajstić information content (AvgIpc) is 2.75. The van der Waals surface area contributed by atoms with Crippen molar-refractivity contribution >= 4 is 34.8 Å². The smallest absolute Gasteiger partial charge is 0.314 e. The van der Waals surface area contributed by atoms with Gasteiger partial charge in [0.05, 0.1) is 29.3 Å². The van der Waals surface area contributed by atoms with Gasteiger partial charge in [0.2, 0.25) is 0 Å². The number of methoxy groups -OCH3 is 1. The first-order valence-electron chi connectivity index (χ1n) is 9.31. The molecule has 2 aromatic carbocycles. The van der Waals surface area contributed by atoms with Crippen LogP contribution >= 0.6 is 11.6 Å². The third kappa shape index (κ3) is 5.07. The molecule has 7 heteroatoms. The van der Waals surface area contributed by atoms with E-state index < -0.39 is 5.41 Å². The van der Waals surface area contributed by atoms with Crippen molar-refractivity contribution in [3.63, 3.8) is 0 Å². The number of rotatable bonds is 8. The minimum atomic E-state index is -0.810. The lowest BCUT2D eigenvalue weighted by Gasteiger charge is -2.22. The number of aromatic nitrogens is 1. The molecule has 0 N–H and O–H groups in total. The summed E-state index contributed by atoms with van der Waals surface area (Å²) in [6.07, 6.45) is 0.713. The molecule has 0 radical (unpaired) electrons.